The molecule has 0 bridgehead atoms. The molecule has 12 heteroatoms. The third-order valence-electron chi connectivity index (χ3n) is 16.1. The minimum Gasteiger partial charge on any atom is -0.508 e. The van der Waals surface area contributed by atoms with Crippen LogP contribution in [0.3, 0.4) is 0 Å². The van der Waals surface area contributed by atoms with Crippen LogP contribution in [0.4, 0.5) is 0 Å². The predicted molar refractivity (Wildman–Crippen MR) is 195 cm³/mol. The Balaban J connectivity index is 0.907. The summed E-state index contributed by atoms with van der Waals surface area (Å²) in [7, 11) is 0. The largest absolute Gasteiger partial charge is 0.508 e. The van der Waals surface area contributed by atoms with Gasteiger partial charge in [0.25, 0.3) is 0 Å². The van der Waals surface area contributed by atoms with Crippen molar-refractivity contribution in [3.63, 3.8) is 0 Å². The lowest BCUT2D eigenvalue weighted by Gasteiger charge is -2.65. The fourth-order valence-electron chi connectivity index (χ4n) is 13.1. The summed E-state index contributed by atoms with van der Waals surface area (Å²) in [6, 6.07) is 7.24. The Hall–Kier alpha value is -1.42. The van der Waals surface area contributed by atoms with E-state index >= 15 is 0 Å². The quantitative estimate of drug-likeness (QED) is 0.201. The molecule has 3 aliphatic heterocycles. The molecule has 7 aliphatic rings. The van der Waals surface area contributed by atoms with Gasteiger partial charge in [0.15, 0.2) is 18.9 Å². The average molecular weight is 761 g/mol. The van der Waals surface area contributed by atoms with E-state index in [-0.39, 0.29) is 59.9 Å². The third kappa shape index (κ3) is 6.57. The molecule has 54 heavy (non-hydrogen) atoms. The van der Waals surface area contributed by atoms with Gasteiger partial charge in [-0.3, -0.25) is 0 Å². The first-order valence-electron chi connectivity index (χ1n) is 20.8. The van der Waals surface area contributed by atoms with Crippen molar-refractivity contribution in [2.75, 3.05) is 0 Å². The highest BCUT2D eigenvalue weighted by atomic mass is 16.7. The van der Waals surface area contributed by atoms with Crippen LogP contribution in [-0.2, 0) is 30.1 Å². The van der Waals surface area contributed by atoms with Crippen LogP contribution in [0.2, 0.25) is 0 Å². The number of hydrogen-bond donors (Lipinski definition) is 7. The molecule has 8 rings (SSSR count). The number of phenolic OH excluding ortho intramolecular Hbond substituents is 1. The van der Waals surface area contributed by atoms with Crippen molar-refractivity contribution in [3.8, 4) is 5.75 Å². The molecule has 7 unspecified atom stereocenters. The van der Waals surface area contributed by atoms with Crippen LogP contribution in [0.15, 0.2) is 24.3 Å². The summed E-state index contributed by atoms with van der Waals surface area (Å²) in [6.07, 6.45) is -0.0553. The molecule has 4 aliphatic carbocycles. The Labute approximate surface area is 319 Å². The average Bonchev–Trinajstić information content (AvgIpc) is 3.62. The fraction of sp³-hybridized carbons (Fsp3) is 0.857. The molecule has 12 nitrogen and oxygen atoms in total. The van der Waals surface area contributed by atoms with Gasteiger partial charge in [-0.25, -0.2) is 0 Å². The summed E-state index contributed by atoms with van der Waals surface area (Å²) in [4.78, 5) is 0. The minimum atomic E-state index is -1.03. The summed E-state index contributed by atoms with van der Waals surface area (Å²) in [6.45, 7) is 7.99. The van der Waals surface area contributed by atoms with Gasteiger partial charge in [-0.15, -0.1) is 0 Å². The standard InChI is InChI=1S/C42H64O12/c1-21-38(48)31(44)19-37(50-21)54-39-22(2)51-36(20-32(39)45)52-25-11-13-40(3)24(16-25)9-10-28-29(40)18-34(46)41(4)27(12-14-42(28,41)49)26-17-35(47)53-33(26)15-23-7-5-6-8-30(23)43/h5-8,21-22,24-29,31-39,43-49H,9-20H2,1-4H3/t21?,22?,24-,25+,26?,27-,28-,29+,31-,32-,33?,34-,35?,36+,37+,38?,39?,40+,41+,42+/m1/s1. The second-order valence-electron chi connectivity index (χ2n) is 18.7. The van der Waals surface area contributed by atoms with E-state index in [9.17, 15) is 35.7 Å². The van der Waals surface area contributed by atoms with E-state index < -0.39 is 72.6 Å². The number of hydrogen-bond acceptors (Lipinski definition) is 12. The van der Waals surface area contributed by atoms with Crippen LogP contribution < -0.4 is 0 Å². The molecule has 1 aromatic carbocycles. The molecule has 304 valence electrons. The third-order valence-corrected chi connectivity index (χ3v) is 16.1. The number of aromatic hydroxyl groups is 1. The van der Waals surface area contributed by atoms with Gasteiger partial charge in [-0.1, -0.05) is 32.0 Å². The number of rotatable bonds is 7. The Kier molecular flexibility index (Phi) is 10.8. The first kappa shape index (κ1) is 39.4. The summed E-state index contributed by atoms with van der Waals surface area (Å²) in [5, 5.41) is 77.7. The fourth-order valence-corrected chi connectivity index (χ4v) is 13.1. The molecule has 0 radical (unpaired) electrons. The lowest BCUT2D eigenvalue weighted by Crippen LogP contribution is -2.67. The number of phenols is 1. The monoisotopic (exact) mass is 760 g/mol. The van der Waals surface area contributed by atoms with Crippen molar-refractivity contribution in [3.05, 3.63) is 29.8 Å². The molecule has 1 aromatic rings. The molecule has 20 atom stereocenters. The van der Waals surface area contributed by atoms with Gasteiger partial charge in [0, 0.05) is 31.1 Å². The van der Waals surface area contributed by atoms with Crippen molar-refractivity contribution in [1.82, 2.24) is 0 Å². The topological polar surface area (TPSA) is 188 Å². The van der Waals surface area contributed by atoms with E-state index in [4.69, 9.17) is 23.7 Å². The zero-order valence-corrected chi connectivity index (χ0v) is 32.3. The van der Waals surface area contributed by atoms with E-state index in [0.29, 0.717) is 31.6 Å². The molecular formula is C42H64O12. The number of ether oxygens (including phenoxy) is 5. The SMILES string of the molecule is CC1O[C@@H](OC2C(C)O[C@@H](O[C@H]3CC[C@@]4(C)[C@H](CC[C@@H]5[C@@H]4C[C@@H](O)[C@]4(C)[C@@H](C6CC(O)OC6Cc6ccccc6O)CC[C@]54O)C3)C[C@H]2O)C[C@@H](O)C1O. The van der Waals surface area contributed by atoms with E-state index in [1.807, 2.05) is 19.1 Å². The van der Waals surface area contributed by atoms with Crippen LogP contribution in [0.1, 0.15) is 104 Å². The van der Waals surface area contributed by atoms with Crippen molar-refractivity contribution in [2.24, 2.45) is 40.4 Å². The molecule has 4 saturated carbocycles. The maximum absolute atomic E-state index is 12.9. The zero-order chi connectivity index (χ0) is 38.3. The summed E-state index contributed by atoms with van der Waals surface area (Å²) >= 11 is 0. The van der Waals surface area contributed by atoms with Crippen LogP contribution in [-0.4, -0.2) is 115 Å². The van der Waals surface area contributed by atoms with Gasteiger partial charge in [0.05, 0.1) is 48.3 Å². The number of benzene rings is 1. The predicted octanol–water partition coefficient (Wildman–Crippen LogP) is 3.53. The Morgan fingerprint density at radius 2 is 1.46 bits per heavy atom. The van der Waals surface area contributed by atoms with Gasteiger partial charge in [-0.05, 0) is 112 Å². The smallest absolute Gasteiger partial charge is 0.161 e. The zero-order valence-electron chi connectivity index (χ0n) is 32.3. The Bertz CT molecular complexity index is 1460. The Morgan fingerprint density at radius 3 is 2.20 bits per heavy atom. The number of fused-ring (bicyclic) bond motifs is 5. The molecule has 3 saturated heterocycles. The Morgan fingerprint density at radius 1 is 0.741 bits per heavy atom. The van der Waals surface area contributed by atoms with Crippen LogP contribution in [0, 0.1) is 40.4 Å². The van der Waals surface area contributed by atoms with Crippen molar-refractivity contribution in [1.29, 1.82) is 0 Å². The van der Waals surface area contributed by atoms with Crippen LogP contribution in [0.5, 0.6) is 5.75 Å². The van der Waals surface area contributed by atoms with E-state index in [2.05, 4.69) is 13.8 Å². The van der Waals surface area contributed by atoms with Gasteiger partial charge >= 0.3 is 0 Å². The number of aliphatic hydroxyl groups is 6. The molecule has 0 aromatic heterocycles. The highest BCUT2D eigenvalue weighted by Crippen LogP contribution is 2.70. The lowest BCUT2D eigenvalue weighted by atomic mass is 9.42. The highest BCUT2D eigenvalue weighted by Gasteiger charge is 2.71. The summed E-state index contributed by atoms with van der Waals surface area (Å²) < 4.78 is 30.7. The van der Waals surface area contributed by atoms with Crippen molar-refractivity contribution >= 4 is 0 Å². The lowest BCUT2D eigenvalue weighted by molar-refractivity contribution is -0.318. The second-order valence-corrected chi connectivity index (χ2v) is 18.7. The van der Waals surface area contributed by atoms with Gasteiger partial charge < -0.3 is 59.4 Å². The van der Waals surface area contributed by atoms with Crippen LogP contribution in [0.25, 0.3) is 0 Å². The molecule has 7 N–H and O–H groups in total. The molecular weight excluding hydrogens is 696 g/mol. The van der Waals surface area contributed by atoms with Gasteiger partial charge in [0.2, 0.25) is 0 Å². The van der Waals surface area contributed by atoms with E-state index in [1.165, 1.54) is 0 Å². The molecule has 7 fully saturated rings. The molecule has 0 amide bonds. The highest BCUT2D eigenvalue weighted by molar-refractivity contribution is 5.32. The van der Waals surface area contributed by atoms with Crippen molar-refractivity contribution < 1.29 is 59.4 Å². The maximum atomic E-state index is 12.9. The minimum absolute atomic E-state index is 0.0300. The number of aliphatic hydroxyl groups excluding tert-OH is 5. The number of para-hydroxylation sites is 1. The van der Waals surface area contributed by atoms with E-state index in [0.717, 1.165) is 44.1 Å². The molecule has 3 heterocycles. The maximum Gasteiger partial charge on any atom is 0.161 e. The normalized spacial score (nSPS) is 53.4. The summed E-state index contributed by atoms with van der Waals surface area (Å²) in [5.74, 6) is 0.724. The summed E-state index contributed by atoms with van der Waals surface area (Å²) in [5.41, 5.74) is -1.06. The first-order valence-corrected chi connectivity index (χ1v) is 20.8. The van der Waals surface area contributed by atoms with Crippen molar-refractivity contribution in [2.45, 2.75) is 184 Å². The first-order chi connectivity index (χ1) is 25.6. The van der Waals surface area contributed by atoms with Gasteiger partial charge in [0.1, 0.15) is 18.0 Å². The second kappa shape index (κ2) is 14.8. The van der Waals surface area contributed by atoms with Crippen LogP contribution >= 0.6 is 0 Å². The van der Waals surface area contributed by atoms with E-state index in [1.54, 1.807) is 19.1 Å². The van der Waals surface area contributed by atoms with Gasteiger partial charge in [-0.2, -0.15) is 0 Å². The molecule has 0 spiro atoms.